The number of aromatic nitrogens is 2. The second kappa shape index (κ2) is 7.11. The number of benzene rings is 2. The van der Waals surface area contributed by atoms with Gasteiger partial charge in [0.1, 0.15) is 0 Å². The molecule has 0 amide bonds. The van der Waals surface area contributed by atoms with Gasteiger partial charge in [0.25, 0.3) is 0 Å². The fraction of sp³-hybridized carbons (Fsp3) is 0.0526. The summed E-state index contributed by atoms with van der Waals surface area (Å²) in [5, 5.41) is 0. The summed E-state index contributed by atoms with van der Waals surface area (Å²) in [6.07, 6.45) is 3.77. The number of oxazole rings is 1. The van der Waals surface area contributed by atoms with E-state index in [1.54, 1.807) is 0 Å². The standard InChI is InChI=1S/C19H13F2N2O.BrH/c20-15-7-6-14(10-16(15)21)19-22-17-12-23(9-8-18(17)24-19)11-13-4-2-1-3-5-13;/h1-10,12H,11H2;1H/q+1;/p-1. The molecular formula is C19H13BrF2N2O. The van der Waals surface area contributed by atoms with Crippen LogP contribution in [-0.4, -0.2) is 4.98 Å². The molecule has 25 heavy (non-hydrogen) atoms. The maximum Gasteiger partial charge on any atom is 0.227 e. The molecule has 0 unspecified atom stereocenters. The number of nitrogens with zero attached hydrogens (tertiary/aromatic N) is 2. The van der Waals surface area contributed by atoms with Crippen LogP contribution in [0.15, 0.2) is 71.4 Å². The van der Waals surface area contributed by atoms with Gasteiger partial charge in [0.05, 0.1) is 0 Å². The van der Waals surface area contributed by atoms with Gasteiger partial charge in [-0.1, -0.05) is 30.3 Å². The average molecular weight is 403 g/mol. The lowest BCUT2D eigenvalue weighted by molar-refractivity contribution is -0.687. The predicted octanol–water partition coefficient (Wildman–Crippen LogP) is 1.11. The third kappa shape index (κ3) is 3.58. The Hall–Kier alpha value is -2.60. The SMILES string of the molecule is Fc1ccc(-c2nc3c[n+](Cc4ccccc4)ccc3o2)cc1F.[Br-]. The second-order valence-electron chi connectivity index (χ2n) is 5.50. The van der Waals surface area contributed by atoms with Gasteiger partial charge in [-0.2, -0.15) is 4.57 Å². The topological polar surface area (TPSA) is 29.9 Å². The zero-order valence-electron chi connectivity index (χ0n) is 13.0. The van der Waals surface area contributed by atoms with E-state index in [9.17, 15) is 8.78 Å². The Balaban J connectivity index is 0.00000182. The first-order chi connectivity index (χ1) is 11.7. The van der Waals surface area contributed by atoms with Crippen LogP contribution in [0, 0.1) is 11.6 Å². The van der Waals surface area contributed by atoms with Crippen LogP contribution in [-0.2, 0) is 6.54 Å². The van der Waals surface area contributed by atoms with Gasteiger partial charge < -0.3 is 21.4 Å². The molecule has 0 atom stereocenters. The Bertz CT molecular complexity index is 1020. The molecule has 0 spiro atoms. The van der Waals surface area contributed by atoms with Gasteiger partial charge in [-0.25, -0.2) is 13.8 Å². The maximum absolute atomic E-state index is 13.4. The second-order valence-corrected chi connectivity index (χ2v) is 5.50. The Labute approximate surface area is 153 Å². The van der Waals surface area contributed by atoms with E-state index >= 15 is 0 Å². The van der Waals surface area contributed by atoms with Gasteiger partial charge >= 0.3 is 0 Å². The number of halogens is 3. The fourth-order valence-corrected chi connectivity index (χ4v) is 2.56. The lowest BCUT2D eigenvalue weighted by atomic mass is 10.2. The number of rotatable bonds is 3. The number of hydrogen-bond acceptors (Lipinski definition) is 2. The van der Waals surface area contributed by atoms with Crippen molar-refractivity contribution in [3.63, 3.8) is 0 Å². The fourth-order valence-electron chi connectivity index (χ4n) is 2.56. The highest BCUT2D eigenvalue weighted by molar-refractivity contribution is 5.74. The minimum absolute atomic E-state index is 0. The van der Waals surface area contributed by atoms with E-state index in [0.717, 1.165) is 12.1 Å². The van der Waals surface area contributed by atoms with Crippen LogP contribution in [0.1, 0.15) is 5.56 Å². The third-order valence-electron chi connectivity index (χ3n) is 3.76. The Morgan fingerprint density at radius 3 is 2.52 bits per heavy atom. The van der Waals surface area contributed by atoms with Gasteiger partial charge in [0.15, 0.2) is 41.7 Å². The van der Waals surface area contributed by atoms with Crippen molar-refractivity contribution in [1.82, 2.24) is 4.98 Å². The van der Waals surface area contributed by atoms with Gasteiger partial charge in [0.2, 0.25) is 5.89 Å². The van der Waals surface area contributed by atoms with Gasteiger partial charge in [-0.3, -0.25) is 0 Å². The van der Waals surface area contributed by atoms with Crippen LogP contribution in [0.25, 0.3) is 22.6 Å². The highest BCUT2D eigenvalue weighted by Gasteiger charge is 2.14. The van der Waals surface area contributed by atoms with Crippen molar-refractivity contribution < 1.29 is 34.7 Å². The van der Waals surface area contributed by atoms with E-state index in [0.29, 0.717) is 23.2 Å². The summed E-state index contributed by atoms with van der Waals surface area (Å²) in [6.45, 7) is 0.712. The molecule has 4 rings (SSSR count). The Kier molecular flexibility index (Phi) is 4.90. The first-order valence-corrected chi connectivity index (χ1v) is 7.48. The molecule has 6 heteroatoms. The van der Waals surface area contributed by atoms with Crippen molar-refractivity contribution in [2.45, 2.75) is 6.54 Å². The highest BCUT2D eigenvalue weighted by Crippen LogP contribution is 2.24. The van der Waals surface area contributed by atoms with E-state index < -0.39 is 11.6 Å². The smallest absolute Gasteiger partial charge is 0.227 e. The van der Waals surface area contributed by atoms with Crippen molar-refractivity contribution in [1.29, 1.82) is 0 Å². The van der Waals surface area contributed by atoms with Gasteiger partial charge in [0, 0.05) is 17.2 Å². The minimum Gasteiger partial charge on any atom is -1.00 e. The van der Waals surface area contributed by atoms with Crippen LogP contribution in [0.2, 0.25) is 0 Å². The molecule has 0 aliphatic carbocycles. The van der Waals surface area contributed by atoms with Crippen LogP contribution >= 0.6 is 0 Å². The minimum atomic E-state index is -0.922. The van der Waals surface area contributed by atoms with Crippen LogP contribution in [0.3, 0.4) is 0 Å². The maximum atomic E-state index is 13.4. The monoisotopic (exact) mass is 402 g/mol. The average Bonchev–Trinajstić information content (AvgIpc) is 3.01. The van der Waals surface area contributed by atoms with Gasteiger partial charge in [-0.15, -0.1) is 0 Å². The largest absolute Gasteiger partial charge is 1.00 e. The Morgan fingerprint density at radius 1 is 0.960 bits per heavy atom. The van der Waals surface area contributed by atoms with Crippen LogP contribution < -0.4 is 21.5 Å². The number of pyridine rings is 1. The zero-order chi connectivity index (χ0) is 16.5. The predicted molar refractivity (Wildman–Crippen MR) is 85.1 cm³/mol. The number of hydrogen-bond donors (Lipinski definition) is 0. The molecule has 0 saturated heterocycles. The van der Waals surface area contributed by atoms with Crippen molar-refractivity contribution in [3.8, 4) is 11.5 Å². The summed E-state index contributed by atoms with van der Waals surface area (Å²) >= 11 is 0. The lowest BCUT2D eigenvalue weighted by Crippen LogP contribution is -3.00. The molecule has 2 aromatic heterocycles. The number of fused-ring (bicyclic) bond motifs is 1. The summed E-state index contributed by atoms with van der Waals surface area (Å²) < 4.78 is 34.1. The zero-order valence-corrected chi connectivity index (χ0v) is 14.6. The summed E-state index contributed by atoms with van der Waals surface area (Å²) in [4.78, 5) is 4.38. The summed E-state index contributed by atoms with van der Waals surface area (Å²) in [5.41, 5.74) is 2.83. The van der Waals surface area contributed by atoms with Crippen molar-refractivity contribution in [3.05, 3.63) is 84.2 Å². The summed E-state index contributed by atoms with van der Waals surface area (Å²) in [5.74, 6) is -1.55. The van der Waals surface area contributed by atoms with E-state index in [1.165, 1.54) is 11.6 Å². The van der Waals surface area contributed by atoms with Crippen molar-refractivity contribution >= 4 is 11.1 Å². The Morgan fingerprint density at radius 2 is 1.76 bits per heavy atom. The van der Waals surface area contributed by atoms with E-state index in [1.807, 2.05) is 53.4 Å². The molecule has 0 aliphatic rings. The molecule has 2 aromatic carbocycles. The van der Waals surface area contributed by atoms with Crippen molar-refractivity contribution in [2.24, 2.45) is 0 Å². The summed E-state index contributed by atoms with van der Waals surface area (Å²) in [7, 11) is 0. The van der Waals surface area contributed by atoms with Crippen molar-refractivity contribution in [2.75, 3.05) is 0 Å². The lowest BCUT2D eigenvalue weighted by Gasteiger charge is -1.96. The van der Waals surface area contributed by atoms with E-state index in [4.69, 9.17) is 4.42 Å². The molecular weight excluding hydrogens is 390 g/mol. The van der Waals surface area contributed by atoms with Crippen LogP contribution in [0.5, 0.6) is 0 Å². The van der Waals surface area contributed by atoms with Crippen LogP contribution in [0.4, 0.5) is 8.78 Å². The van der Waals surface area contributed by atoms with E-state index in [-0.39, 0.29) is 22.9 Å². The molecule has 0 radical (unpaired) electrons. The van der Waals surface area contributed by atoms with Gasteiger partial charge in [-0.05, 0) is 18.2 Å². The molecule has 3 nitrogen and oxygen atoms in total. The molecule has 4 aromatic rings. The van der Waals surface area contributed by atoms with E-state index in [2.05, 4.69) is 4.98 Å². The molecule has 0 saturated carbocycles. The quantitative estimate of drug-likeness (QED) is 0.480. The molecule has 0 N–H and O–H groups in total. The first-order valence-electron chi connectivity index (χ1n) is 7.48. The molecule has 0 fully saturated rings. The molecule has 0 bridgehead atoms. The molecule has 126 valence electrons. The third-order valence-corrected chi connectivity index (χ3v) is 3.76. The normalized spacial score (nSPS) is 10.6. The highest BCUT2D eigenvalue weighted by atomic mass is 79.9. The first kappa shape index (κ1) is 17.2. The molecule has 0 aliphatic heterocycles. The summed E-state index contributed by atoms with van der Waals surface area (Å²) in [6, 6.07) is 15.5. The molecule has 2 heterocycles.